The Balaban J connectivity index is 1.87. The Morgan fingerprint density at radius 3 is 2.68 bits per heavy atom. The van der Waals surface area contributed by atoms with Crippen molar-refractivity contribution in [1.82, 2.24) is 0 Å². The molecule has 0 spiro atoms. The van der Waals surface area contributed by atoms with Crippen molar-refractivity contribution in [3.63, 3.8) is 0 Å². The lowest BCUT2D eigenvalue weighted by Gasteiger charge is -2.08. The molecule has 1 heterocycles. The fraction of sp³-hybridized carbons (Fsp3) is 0.0588. The summed E-state index contributed by atoms with van der Waals surface area (Å²) in [5.74, 6) is -0.569. The lowest BCUT2D eigenvalue weighted by molar-refractivity contribution is -0.112. The molecule has 5 heteroatoms. The molecular formula is C17H14FN3O. The molecule has 3 rings (SSSR count). The number of carbonyl (C=O) groups is 1. The van der Waals surface area contributed by atoms with Gasteiger partial charge >= 0.3 is 0 Å². The molecule has 3 N–H and O–H groups in total. The molecule has 0 bridgehead atoms. The molecule has 2 aromatic carbocycles. The quantitative estimate of drug-likeness (QED) is 0.855. The summed E-state index contributed by atoms with van der Waals surface area (Å²) in [6, 6.07) is 13.0. The van der Waals surface area contributed by atoms with E-state index in [4.69, 9.17) is 5.73 Å². The van der Waals surface area contributed by atoms with E-state index in [9.17, 15) is 9.18 Å². The third kappa shape index (κ3) is 2.88. The second-order valence-electron chi connectivity index (χ2n) is 4.95. The Morgan fingerprint density at radius 1 is 1.18 bits per heavy atom. The normalized spacial score (nSPS) is 13.5. The zero-order valence-electron chi connectivity index (χ0n) is 11.7. The number of anilines is 2. The molecule has 0 aliphatic carbocycles. The van der Waals surface area contributed by atoms with Gasteiger partial charge in [0.05, 0.1) is 12.1 Å². The lowest BCUT2D eigenvalue weighted by Crippen LogP contribution is -2.15. The van der Waals surface area contributed by atoms with Gasteiger partial charge < -0.3 is 11.1 Å². The number of amides is 1. The standard InChI is InChI=1S/C17H14FN3O/c18-12-6-4-11(5-7-12)15-9-20-10-16(15)17(22)21-14-3-1-2-13(19)8-14/h1-8,10H,9,19H2,(H,21,22). The van der Waals surface area contributed by atoms with Crippen molar-refractivity contribution in [2.45, 2.75) is 0 Å². The van der Waals surface area contributed by atoms with Crippen LogP contribution in [0.2, 0.25) is 0 Å². The van der Waals surface area contributed by atoms with E-state index in [1.54, 1.807) is 42.6 Å². The average molecular weight is 295 g/mol. The van der Waals surface area contributed by atoms with Crippen LogP contribution in [0.25, 0.3) is 5.57 Å². The summed E-state index contributed by atoms with van der Waals surface area (Å²) in [6.45, 7) is 0.408. The molecule has 0 atom stereocenters. The van der Waals surface area contributed by atoms with E-state index in [0.717, 1.165) is 11.1 Å². The van der Waals surface area contributed by atoms with Gasteiger partial charge in [-0.2, -0.15) is 0 Å². The largest absolute Gasteiger partial charge is 0.399 e. The van der Waals surface area contributed by atoms with E-state index in [2.05, 4.69) is 10.3 Å². The van der Waals surface area contributed by atoms with Gasteiger partial charge in [-0.15, -0.1) is 0 Å². The van der Waals surface area contributed by atoms with Crippen LogP contribution in [0, 0.1) is 5.82 Å². The molecule has 0 saturated carbocycles. The van der Waals surface area contributed by atoms with E-state index in [0.29, 0.717) is 23.5 Å². The van der Waals surface area contributed by atoms with Crippen LogP contribution in [-0.4, -0.2) is 18.7 Å². The zero-order valence-corrected chi connectivity index (χ0v) is 11.7. The van der Waals surface area contributed by atoms with Crippen LogP contribution in [-0.2, 0) is 4.79 Å². The van der Waals surface area contributed by atoms with Gasteiger partial charge in [-0.05, 0) is 41.5 Å². The molecule has 4 nitrogen and oxygen atoms in total. The minimum absolute atomic E-state index is 0.258. The van der Waals surface area contributed by atoms with E-state index in [1.807, 2.05) is 0 Å². The van der Waals surface area contributed by atoms with Crippen molar-refractivity contribution >= 4 is 29.1 Å². The number of nitrogens with zero attached hydrogens (tertiary/aromatic N) is 1. The summed E-state index contributed by atoms with van der Waals surface area (Å²) >= 11 is 0. The molecule has 0 unspecified atom stereocenters. The summed E-state index contributed by atoms with van der Waals surface area (Å²) in [5.41, 5.74) is 8.94. The molecule has 2 aromatic rings. The Hall–Kier alpha value is -2.95. The number of nitrogen functional groups attached to an aromatic ring is 1. The number of nitrogens with two attached hydrogens (primary N) is 1. The highest BCUT2D eigenvalue weighted by Crippen LogP contribution is 2.24. The highest BCUT2D eigenvalue weighted by Gasteiger charge is 2.19. The van der Waals surface area contributed by atoms with Gasteiger partial charge in [-0.25, -0.2) is 4.39 Å². The monoisotopic (exact) mass is 295 g/mol. The van der Waals surface area contributed by atoms with E-state index in [1.165, 1.54) is 12.1 Å². The zero-order chi connectivity index (χ0) is 15.5. The van der Waals surface area contributed by atoms with Crippen molar-refractivity contribution in [1.29, 1.82) is 0 Å². The third-order valence-electron chi connectivity index (χ3n) is 3.38. The van der Waals surface area contributed by atoms with Crippen LogP contribution in [0.1, 0.15) is 5.56 Å². The summed E-state index contributed by atoms with van der Waals surface area (Å²) in [6.07, 6.45) is 1.54. The van der Waals surface area contributed by atoms with Gasteiger partial charge in [0, 0.05) is 17.6 Å². The van der Waals surface area contributed by atoms with Gasteiger partial charge in [-0.3, -0.25) is 9.79 Å². The van der Waals surface area contributed by atoms with Crippen molar-refractivity contribution < 1.29 is 9.18 Å². The maximum atomic E-state index is 13.0. The highest BCUT2D eigenvalue weighted by atomic mass is 19.1. The molecular weight excluding hydrogens is 281 g/mol. The first-order valence-corrected chi connectivity index (χ1v) is 6.79. The van der Waals surface area contributed by atoms with Crippen molar-refractivity contribution in [3.05, 3.63) is 65.5 Å². The van der Waals surface area contributed by atoms with Gasteiger partial charge in [0.15, 0.2) is 0 Å². The van der Waals surface area contributed by atoms with Gasteiger partial charge in [0.25, 0.3) is 5.91 Å². The van der Waals surface area contributed by atoms with Crippen molar-refractivity contribution in [2.75, 3.05) is 17.6 Å². The first-order chi connectivity index (χ1) is 10.6. The minimum atomic E-state index is -0.311. The Labute approximate surface area is 127 Å². The first-order valence-electron chi connectivity index (χ1n) is 6.79. The fourth-order valence-corrected chi connectivity index (χ4v) is 2.30. The van der Waals surface area contributed by atoms with Gasteiger partial charge in [0.1, 0.15) is 5.82 Å². The van der Waals surface area contributed by atoms with E-state index < -0.39 is 0 Å². The Kier molecular flexibility index (Phi) is 3.70. The minimum Gasteiger partial charge on any atom is -0.399 e. The molecule has 0 radical (unpaired) electrons. The number of hydrogen-bond acceptors (Lipinski definition) is 3. The molecule has 22 heavy (non-hydrogen) atoms. The number of carbonyl (C=O) groups excluding carboxylic acids is 1. The van der Waals surface area contributed by atoms with Crippen molar-refractivity contribution in [2.24, 2.45) is 4.99 Å². The van der Waals surface area contributed by atoms with E-state index in [-0.39, 0.29) is 11.7 Å². The molecule has 0 saturated heterocycles. The van der Waals surface area contributed by atoms with Crippen LogP contribution in [0.5, 0.6) is 0 Å². The predicted octanol–water partition coefficient (Wildman–Crippen LogP) is 2.88. The first kappa shape index (κ1) is 14.0. The molecule has 1 aliphatic heterocycles. The summed E-state index contributed by atoms with van der Waals surface area (Å²) < 4.78 is 13.0. The summed E-state index contributed by atoms with van der Waals surface area (Å²) in [4.78, 5) is 16.5. The number of aliphatic imine (C=N–C) groups is 1. The third-order valence-corrected chi connectivity index (χ3v) is 3.38. The smallest absolute Gasteiger partial charge is 0.257 e. The fourth-order valence-electron chi connectivity index (χ4n) is 2.30. The number of benzene rings is 2. The number of halogens is 1. The Bertz CT molecular complexity index is 779. The second kappa shape index (κ2) is 5.81. The maximum Gasteiger partial charge on any atom is 0.257 e. The van der Waals surface area contributed by atoms with Crippen molar-refractivity contribution in [3.8, 4) is 0 Å². The second-order valence-corrected chi connectivity index (χ2v) is 4.95. The molecule has 1 amide bonds. The SMILES string of the molecule is Nc1cccc(NC(=O)C2=C(c3ccc(F)cc3)CN=C2)c1. The van der Waals surface area contributed by atoms with Gasteiger partial charge in [-0.1, -0.05) is 18.2 Å². The molecule has 0 aromatic heterocycles. The summed E-state index contributed by atoms with van der Waals surface area (Å²) in [5, 5.41) is 2.79. The maximum absolute atomic E-state index is 13.0. The molecule has 1 aliphatic rings. The number of hydrogen-bond donors (Lipinski definition) is 2. The number of rotatable bonds is 3. The van der Waals surface area contributed by atoms with Gasteiger partial charge in [0.2, 0.25) is 0 Å². The average Bonchev–Trinajstić information content (AvgIpc) is 2.97. The Morgan fingerprint density at radius 2 is 1.95 bits per heavy atom. The topological polar surface area (TPSA) is 67.5 Å². The number of nitrogens with one attached hydrogen (secondary N) is 1. The molecule has 110 valence electrons. The predicted molar refractivity (Wildman–Crippen MR) is 86.2 cm³/mol. The van der Waals surface area contributed by atoms with E-state index >= 15 is 0 Å². The van der Waals surface area contributed by atoms with Crippen LogP contribution >= 0.6 is 0 Å². The highest BCUT2D eigenvalue weighted by molar-refractivity contribution is 6.24. The van der Waals surface area contributed by atoms with Crippen LogP contribution < -0.4 is 11.1 Å². The summed E-state index contributed by atoms with van der Waals surface area (Å²) in [7, 11) is 0. The lowest BCUT2D eigenvalue weighted by atomic mass is 10.0. The van der Waals surface area contributed by atoms with Crippen LogP contribution in [0.4, 0.5) is 15.8 Å². The van der Waals surface area contributed by atoms with Crippen LogP contribution in [0.15, 0.2) is 59.1 Å². The van der Waals surface area contributed by atoms with Crippen LogP contribution in [0.3, 0.4) is 0 Å². The molecule has 0 fully saturated rings.